The number of carboxylic acid groups (broad SMARTS) is 2. The number of aliphatic carboxylic acids is 1. The summed E-state index contributed by atoms with van der Waals surface area (Å²) < 4.78 is 49.1. The molecule has 0 atom stereocenters. The first-order valence-electron chi connectivity index (χ1n) is 10.3. The molecule has 33 heavy (non-hydrogen) atoms. The molecule has 0 aromatic heterocycles. The number of benzene rings is 2. The van der Waals surface area contributed by atoms with Crippen LogP contribution in [0, 0.1) is 0 Å². The highest BCUT2D eigenvalue weighted by molar-refractivity contribution is 5.87. The Bertz CT molecular complexity index is 835. The number of hydrogen-bond donors (Lipinski definition) is 2. The third kappa shape index (κ3) is 13.6. The van der Waals surface area contributed by atoms with Crippen LogP contribution in [0.5, 0.6) is 17.2 Å². The van der Waals surface area contributed by atoms with Crippen molar-refractivity contribution in [2.45, 2.75) is 45.4 Å². The lowest BCUT2D eigenvalue weighted by Gasteiger charge is -2.09. The minimum atomic E-state index is -4.75. The van der Waals surface area contributed by atoms with E-state index in [1.54, 1.807) is 24.3 Å². The first-order valence-corrected chi connectivity index (χ1v) is 10.3. The van der Waals surface area contributed by atoms with Gasteiger partial charge in [-0.1, -0.05) is 32.6 Å². The predicted molar refractivity (Wildman–Crippen MR) is 114 cm³/mol. The van der Waals surface area contributed by atoms with Crippen molar-refractivity contribution in [3.63, 3.8) is 0 Å². The number of hydrogen-bond acceptors (Lipinski definition) is 5. The van der Waals surface area contributed by atoms with Gasteiger partial charge >= 0.3 is 18.3 Å². The molecule has 2 N–H and O–H groups in total. The summed E-state index contributed by atoms with van der Waals surface area (Å²) in [4.78, 5) is 20.8. The average Bonchev–Trinajstić information content (AvgIpc) is 2.75. The lowest BCUT2D eigenvalue weighted by molar-refractivity contribution is -0.274. The second-order valence-corrected chi connectivity index (χ2v) is 6.79. The van der Waals surface area contributed by atoms with E-state index in [4.69, 9.17) is 19.7 Å². The second-order valence-electron chi connectivity index (χ2n) is 6.79. The Kier molecular flexibility index (Phi) is 12.2. The molecule has 0 spiro atoms. The van der Waals surface area contributed by atoms with Gasteiger partial charge in [0.05, 0.1) is 12.2 Å². The summed E-state index contributed by atoms with van der Waals surface area (Å²) in [5.41, 5.74) is 0.292. The van der Waals surface area contributed by atoms with Crippen molar-refractivity contribution in [3.05, 3.63) is 54.1 Å². The standard InChI is InChI=1S/C14H20O3.C9H7F3O4/c1-2-3-4-5-6-11-17-13-9-7-12(8-10-13)14(15)16;10-9(11,12)16-7-3-1-6(2-4-7)15-5-8(13)14/h7-10H,2-6,11H2,1H3,(H,15,16);1-4H,5H2,(H,13,14). The van der Waals surface area contributed by atoms with Crippen molar-refractivity contribution in [1.29, 1.82) is 0 Å². The van der Waals surface area contributed by atoms with Crippen molar-refractivity contribution in [2.75, 3.05) is 13.2 Å². The molecule has 0 bridgehead atoms. The lowest BCUT2D eigenvalue weighted by atomic mass is 10.2. The Balaban J connectivity index is 0.000000331. The fourth-order valence-electron chi connectivity index (χ4n) is 2.47. The molecule has 2 rings (SSSR count). The molecule has 10 heteroatoms. The summed E-state index contributed by atoms with van der Waals surface area (Å²) >= 11 is 0. The molecule has 0 radical (unpaired) electrons. The highest BCUT2D eigenvalue weighted by Crippen LogP contribution is 2.24. The van der Waals surface area contributed by atoms with E-state index in [2.05, 4.69) is 11.7 Å². The van der Waals surface area contributed by atoms with Gasteiger partial charge in [0.25, 0.3) is 0 Å². The number of rotatable bonds is 12. The Morgan fingerprint density at radius 2 is 1.30 bits per heavy atom. The van der Waals surface area contributed by atoms with Crippen LogP contribution in [0.4, 0.5) is 13.2 Å². The van der Waals surface area contributed by atoms with Crippen LogP contribution >= 0.6 is 0 Å². The molecule has 0 aliphatic rings. The number of aromatic carboxylic acids is 1. The van der Waals surface area contributed by atoms with Gasteiger partial charge in [-0.2, -0.15) is 0 Å². The van der Waals surface area contributed by atoms with E-state index in [1.165, 1.54) is 37.8 Å². The second kappa shape index (κ2) is 14.6. The average molecular weight is 472 g/mol. The van der Waals surface area contributed by atoms with Gasteiger partial charge in [-0.3, -0.25) is 0 Å². The zero-order valence-electron chi connectivity index (χ0n) is 18.1. The van der Waals surface area contributed by atoms with Crippen molar-refractivity contribution in [3.8, 4) is 17.2 Å². The van der Waals surface area contributed by atoms with Crippen LogP contribution in [-0.4, -0.2) is 41.7 Å². The maximum Gasteiger partial charge on any atom is 0.573 e. The molecular weight excluding hydrogens is 445 g/mol. The van der Waals surface area contributed by atoms with Crippen molar-refractivity contribution in [1.82, 2.24) is 0 Å². The van der Waals surface area contributed by atoms with Crippen LogP contribution < -0.4 is 14.2 Å². The third-order valence-electron chi connectivity index (χ3n) is 4.04. The van der Waals surface area contributed by atoms with Crippen molar-refractivity contribution < 1.29 is 47.2 Å². The Labute approximate surface area is 189 Å². The molecule has 2 aromatic carbocycles. The molecule has 0 aliphatic heterocycles. The van der Waals surface area contributed by atoms with E-state index >= 15 is 0 Å². The monoisotopic (exact) mass is 472 g/mol. The molecule has 0 saturated carbocycles. The first-order chi connectivity index (χ1) is 15.6. The molecule has 0 saturated heterocycles. The maximum atomic E-state index is 11.8. The van der Waals surface area contributed by atoms with Gasteiger partial charge in [0.2, 0.25) is 0 Å². The normalized spacial score (nSPS) is 10.5. The maximum absolute atomic E-state index is 11.8. The van der Waals surface area contributed by atoms with E-state index in [9.17, 15) is 22.8 Å². The molecule has 182 valence electrons. The van der Waals surface area contributed by atoms with Crippen LogP contribution in [0.3, 0.4) is 0 Å². The van der Waals surface area contributed by atoms with E-state index in [0.29, 0.717) is 12.2 Å². The fourth-order valence-corrected chi connectivity index (χ4v) is 2.47. The lowest BCUT2D eigenvalue weighted by Crippen LogP contribution is -2.17. The molecule has 0 heterocycles. The molecule has 0 amide bonds. The highest BCUT2D eigenvalue weighted by atomic mass is 19.4. The van der Waals surface area contributed by atoms with E-state index < -0.39 is 30.7 Å². The minimum Gasteiger partial charge on any atom is -0.494 e. The Hall–Kier alpha value is -3.43. The molecule has 2 aromatic rings. The van der Waals surface area contributed by atoms with E-state index in [0.717, 1.165) is 24.3 Å². The first kappa shape index (κ1) is 27.6. The van der Waals surface area contributed by atoms with Crippen LogP contribution in [0.1, 0.15) is 49.4 Å². The number of carboxylic acids is 2. The van der Waals surface area contributed by atoms with Gasteiger partial charge < -0.3 is 24.4 Å². The quantitative estimate of drug-likeness (QED) is 0.377. The topological polar surface area (TPSA) is 102 Å². The van der Waals surface area contributed by atoms with Crippen LogP contribution in [0.2, 0.25) is 0 Å². The van der Waals surface area contributed by atoms with Gasteiger partial charge in [0.1, 0.15) is 17.2 Å². The largest absolute Gasteiger partial charge is 0.573 e. The molecule has 7 nitrogen and oxygen atoms in total. The summed E-state index contributed by atoms with van der Waals surface area (Å²) in [6, 6.07) is 11.0. The Morgan fingerprint density at radius 3 is 1.82 bits per heavy atom. The van der Waals surface area contributed by atoms with Crippen molar-refractivity contribution in [2.24, 2.45) is 0 Å². The SMILES string of the molecule is CCCCCCCOc1ccc(C(=O)O)cc1.O=C(O)COc1ccc(OC(F)(F)F)cc1. The fraction of sp³-hybridized carbons (Fsp3) is 0.391. The summed E-state index contributed by atoms with van der Waals surface area (Å²) in [5, 5.41) is 17.0. The van der Waals surface area contributed by atoms with Crippen LogP contribution in [0.25, 0.3) is 0 Å². The van der Waals surface area contributed by atoms with Gasteiger partial charge in [0.15, 0.2) is 6.61 Å². The zero-order valence-corrected chi connectivity index (χ0v) is 18.1. The number of alkyl halides is 3. The van der Waals surface area contributed by atoms with Gasteiger partial charge in [-0.05, 0) is 55.0 Å². The van der Waals surface area contributed by atoms with Crippen LogP contribution in [0.15, 0.2) is 48.5 Å². The predicted octanol–water partition coefficient (Wildman–Crippen LogP) is 5.78. The van der Waals surface area contributed by atoms with Crippen molar-refractivity contribution >= 4 is 11.9 Å². The number of ether oxygens (including phenoxy) is 3. The number of unbranched alkanes of at least 4 members (excludes halogenated alkanes) is 4. The Morgan fingerprint density at radius 1 is 0.788 bits per heavy atom. The third-order valence-corrected chi connectivity index (χ3v) is 4.04. The summed E-state index contributed by atoms with van der Waals surface area (Å²) in [7, 11) is 0. The van der Waals surface area contributed by atoms with Crippen LogP contribution in [-0.2, 0) is 4.79 Å². The van der Waals surface area contributed by atoms with Gasteiger partial charge in [0, 0.05) is 0 Å². The van der Waals surface area contributed by atoms with Gasteiger partial charge in [-0.15, -0.1) is 13.2 Å². The highest BCUT2D eigenvalue weighted by Gasteiger charge is 2.30. The number of halogens is 3. The van der Waals surface area contributed by atoms with Gasteiger partial charge in [-0.25, -0.2) is 9.59 Å². The minimum absolute atomic E-state index is 0.150. The molecular formula is C23H27F3O7. The molecule has 0 aliphatic carbocycles. The van der Waals surface area contributed by atoms with E-state index in [-0.39, 0.29) is 5.75 Å². The molecule has 0 fully saturated rings. The summed E-state index contributed by atoms with van der Waals surface area (Å²) in [5.74, 6) is -1.58. The smallest absolute Gasteiger partial charge is 0.494 e. The summed E-state index contributed by atoms with van der Waals surface area (Å²) in [6.45, 7) is 2.34. The molecule has 0 unspecified atom stereocenters. The number of carbonyl (C=O) groups is 2. The van der Waals surface area contributed by atoms with E-state index in [1.807, 2.05) is 0 Å². The zero-order chi connectivity index (χ0) is 24.7. The summed E-state index contributed by atoms with van der Waals surface area (Å²) in [6.07, 6.45) is 1.30.